The maximum atomic E-state index is 10.3. The largest absolute Gasteiger partial charge is 0.397 e. The van der Waals surface area contributed by atoms with E-state index in [1.54, 1.807) is 0 Å². The molecular weight excluding hydrogens is 271 g/mol. The normalized spacial score (nSPS) is 11.3. The summed E-state index contributed by atoms with van der Waals surface area (Å²) in [6.07, 6.45) is 14.7. The number of hydrogen-bond donors (Lipinski definition) is 1. The van der Waals surface area contributed by atoms with Gasteiger partial charge in [0.15, 0.2) is 0 Å². The van der Waals surface area contributed by atoms with Crippen LogP contribution >= 0.6 is 0 Å². The summed E-state index contributed by atoms with van der Waals surface area (Å²) in [4.78, 5) is 0. The quantitative estimate of drug-likeness (QED) is 0.298. The van der Waals surface area contributed by atoms with E-state index in [0.29, 0.717) is 6.42 Å². The van der Waals surface area contributed by atoms with E-state index in [-0.39, 0.29) is 25.5 Å². The van der Waals surface area contributed by atoms with Gasteiger partial charge in [-0.05, 0) is 6.42 Å². The molecule has 0 bridgehead atoms. The van der Waals surface area contributed by atoms with E-state index in [9.17, 15) is 8.42 Å². The molecule has 0 saturated carbocycles. The van der Waals surface area contributed by atoms with Gasteiger partial charge in [0.05, 0.1) is 6.61 Å². The third-order valence-electron chi connectivity index (χ3n) is 3.23. The zero-order valence-electron chi connectivity index (χ0n) is 13.3. The summed E-state index contributed by atoms with van der Waals surface area (Å²) >= 11 is 0. The van der Waals surface area contributed by atoms with Crippen LogP contribution in [0, 0.1) is 0 Å². The van der Waals surface area contributed by atoms with Gasteiger partial charge in [0.25, 0.3) is 0 Å². The first-order valence-corrected chi connectivity index (χ1v) is 9.04. The van der Waals surface area contributed by atoms with Gasteiger partial charge < -0.3 is 0 Å². The van der Waals surface area contributed by atoms with Gasteiger partial charge >= 0.3 is 10.4 Å². The zero-order valence-corrected chi connectivity index (χ0v) is 14.1. The standard InChI is InChI=1S/C14H30O4S.Li/c1-2-3-4-5-6-7-8-9-10-11-12-13-14-18-19(15,16)17;/h2-14H2,1H3,(H,15,16,17);. The van der Waals surface area contributed by atoms with Gasteiger partial charge in [0, 0.05) is 18.9 Å². The zero-order chi connectivity index (χ0) is 14.4. The summed E-state index contributed by atoms with van der Waals surface area (Å²) in [7, 11) is -4.24. The second-order valence-electron chi connectivity index (χ2n) is 5.14. The van der Waals surface area contributed by atoms with Crippen LogP contribution in [-0.2, 0) is 14.6 Å². The first kappa shape index (κ1) is 22.7. The van der Waals surface area contributed by atoms with Crippen molar-refractivity contribution >= 4 is 29.3 Å². The van der Waals surface area contributed by atoms with Crippen molar-refractivity contribution in [2.75, 3.05) is 6.61 Å². The van der Waals surface area contributed by atoms with Gasteiger partial charge in [0.1, 0.15) is 0 Å². The van der Waals surface area contributed by atoms with Crippen molar-refractivity contribution in [1.82, 2.24) is 0 Å². The van der Waals surface area contributed by atoms with Crippen LogP contribution in [0.15, 0.2) is 0 Å². The van der Waals surface area contributed by atoms with Gasteiger partial charge in [-0.15, -0.1) is 0 Å². The van der Waals surface area contributed by atoms with Gasteiger partial charge in [-0.1, -0.05) is 77.6 Å². The molecular formula is C14H30LiO4S. The van der Waals surface area contributed by atoms with Crippen LogP contribution in [0.3, 0.4) is 0 Å². The van der Waals surface area contributed by atoms with Crippen LogP contribution in [-0.4, -0.2) is 38.4 Å². The molecule has 0 saturated heterocycles. The fourth-order valence-electron chi connectivity index (χ4n) is 2.11. The molecule has 1 radical (unpaired) electrons. The molecule has 0 unspecified atom stereocenters. The number of hydrogen-bond acceptors (Lipinski definition) is 3. The molecule has 0 amide bonds. The van der Waals surface area contributed by atoms with Crippen molar-refractivity contribution in [3.05, 3.63) is 0 Å². The Kier molecular flexibility index (Phi) is 18.0. The Labute approximate surface area is 137 Å². The first-order chi connectivity index (χ1) is 9.06. The molecule has 0 spiro atoms. The van der Waals surface area contributed by atoms with E-state index in [1.165, 1.54) is 57.8 Å². The topological polar surface area (TPSA) is 63.6 Å². The van der Waals surface area contributed by atoms with Crippen molar-refractivity contribution in [1.29, 1.82) is 0 Å². The molecule has 0 aliphatic rings. The van der Waals surface area contributed by atoms with Crippen molar-refractivity contribution in [2.24, 2.45) is 0 Å². The van der Waals surface area contributed by atoms with Crippen molar-refractivity contribution in [3.63, 3.8) is 0 Å². The third kappa shape index (κ3) is 20.8. The molecule has 20 heavy (non-hydrogen) atoms. The summed E-state index contributed by atoms with van der Waals surface area (Å²) in [6, 6.07) is 0. The Hall–Kier alpha value is 0.467. The van der Waals surface area contributed by atoms with E-state index in [1.807, 2.05) is 0 Å². The Morgan fingerprint density at radius 3 is 1.45 bits per heavy atom. The molecule has 0 aliphatic carbocycles. The SMILES string of the molecule is CCCCCCCCCCCCCCOS(=O)(=O)O.[Li]. The maximum Gasteiger partial charge on any atom is 0.397 e. The number of unbranched alkanes of at least 4 members (excludes halogenated alkanes) is 11. The molecule has 0 aromatic rings. The Bertz CT molecular complexity index is 281. The molecule has 0 aromatic heterocycles. The predicted octanol–water partition coefficient (Wildman–Crippen LogP) is 4.13. The van der Waals surface area contributed by atoms with Crippen LogP contribution in [0.5, 0.6) is 0 Å². The Balaban J connectivity index is 0. The van der Waals surface area contributed by atoms with E-state index in [4.69, 9.17) is 4.55 Å². The average molecular weight is 301 g/mol. The van der Waals surface area contributed by atoms with Gasteiger partial charge in [-0.2, -0.15) is 8.42 Å². The van der Waals surface area contributed by atoms with E-state index in [0.717, 1.165) is 12.8 Å². The number of rotatable bonds is 14. The van der Waals surface area contributed by atoms with Crippen LogP contribution in [0.25, 0.3) is 0 Å². The summed E-state index contributed by atoms with van der Waals surface area (Å²) in [6.45, 7) is 2.33. The minimum absolute atomic E-state index is 0. The summed E-state index contributed by atoms with van der Waals surface area (Å²) in [5.74, 6) is 0. The molecule has 0 atom stereocenters. The second kappa shape index (κ2) is 15.8. The van der Waals surface area contributed by atoms with Gasteiger partial charge in [-0.3, -0.25) is 4.55 Å². The predicted molar refractivity (Wildman–Crippen MR) is 84.3 cm³/mol. The van der Waals surface area contributed by atoms with Crippen LogP contribution < -0.4 is 0 Å². The van der Waals surface area contributed by atoms with E-state index < -0.39 is 10.4 Å². The minimum Gasteiger partial charge on any atom is -0.264 e. The van der Waals surface area contributed by atoms with Gasteiger partial charge in [-0.25, -0.2) is 4.18 Å². The second-order valence-corrected chi connectivity index (χ2v) is 6.23. The van der Waals surface area contributed by atoms with Crippen molar-refractivity contribution in [2.45, 2.75) is 84.0 Å². The van der Waals surface area contributed by atoms with Crippen LogP contribution in [0.1, 0.15) is 84.0 Å². The molecule has 0 fully saturated rings. The summed E-state index contributed by atoms with van der Waals surface area (Å²) in [5.41, 5.74) is 0. The molecule has 4 nitrogen and oxygen atoms in total. The average Bonchev–Trinajstić information content (AvgIpc) is 2.34. The fraction of sp³-hybridized carbons (Fsp3) is 1.00. The van der Waals surface area contributed by atoms with E-state index in [2.05, 4.69) is 11.1 Å². The summed E-state index contributed by atoms with van der Waals surface area (Å²) in [5, 5.41) is 0. The van der Waals surface area contributed by atoms with Crippen molar-refractivity contribution in [3.8, 4) is 0 Å². The molecule has 117 valence electrons. The molecule has 0 aromatic carbocycles. The molecule has 6 heteroatoms. The molecule has 0 rings (SSSR count). The smallest absolute Gasteiger partial charge is 0.264 e. The molecule has 0 aliphatic heterocycles. The minimum atomic E-state index is -4.24. The van der Waals surface area contributed by atoms with Crippen molar-refractivity contribution < 1.29 is 17.2 Å². The van der Waals surface area contributed by atoms with E-state index >= 15 is 0 Å². The third-order valence-corrected chi connectivity index (χ3v) is 3.69. The van der Waals surface area contributed by atoms with Crippen LogP contribution in [0.4, 0.5) is 0 Å². The Morgan fingerprint density at radius 1 is 0.750 bits per heavy atom. The molecule has 1 N–H and O–H groups in total. The van der Waals surface area contributed by atoms with Gasteiger partial charge in [0.2, 0.25) is 0 Å². The fourth-order valence-corrected chi connectivity index (χ4v) is 2.44. The maximum absolute atomic E-state index is 10.3. The summed E-state index contributed by atoms with van der Waals surface area (Å²) < 4.78 is 33.1. The molecule has 0 heterocycles. The van der Waals surface area contributed by atoms with Crippen LogP contribution in [0.2, 0.25) is 0 Å². The Morgan fingerprint density at radius 2 is 1.10 bits per heavy atom. The monoisotopic (exact) mass is 301 g/mol. The first-order valence-electron chi connectivity index (χ1n) is 7.68.